The molecule has 8 nitrogen and oxygen atoms in total. The van der Waals surface area contributed by atoms with E-state index in [0.717, 1.165) is 10.0 Å². The zero-order chi connectivity index (χ0) is 25.1. The molecule has 0 aliphatic heterocycles. The van der Waals surface area contributed by atoms with Crippen molar-refractivity contribution in [1.82, 2.24) is 10.6 Å². The molecule has 10 heteroatoms. The molecule has 0 fully saturated rings. The summed E-state index contributed by atoms with van der Waals surface area (Å²) in [6, 6.07) is 12.4. The summed E-state index contributed by atoms with van der Waals surface area (Å²) in [5, 5.41) is 8.48. The van der Waals surface area contributed by atoms with Crippen LogP contribution >= 0.6 is 27.5 Å². The van der Waals surface area contributed by atoms with Gasteiger partial charge in [-0.15, -0.1) is 0 Å². The molecule has 34 heavy (non-hydrogen) atoms. The summed E-state index contributed by atoms with van der Waals surface area (Å²) in [5.74, 6) is 0.0164. The van der Waals surface area contributed by atoms with Crippen LogP contribution in [0.5, 0.6) is 5.75 Å². The van der Waals surface area contributed by atoms with E-state index in [0.29, 0.717) is 29.5 Å². The van der Waals surface area contributed by atoms with Crippen molar-refractivity contribution in [2.24, 2.45) is 0 Å². The molecule has 0 unspecified atom stereocenters. The van der Waals surface area contributed by atoms with Crippen molar-refractivity contribution < 1.29 is 23.9 Å². The fourth-order valence-electron chi connectivity index (χ4n) is 2.75. The summed E-state index contributed by atoms with van der Waals surface area (Å²) >= 11 is 9.45. The van der Waals surface area contributed by atoms with Gasteiger partial charge in [0.2, 0.25) is 11.8 Å². The largest absolute Gasteiger partial charge is 0.492 e. The van der Waals surface area contributed by atoms with Crippen molar-refractivity contribution in [3.8, 4) is 5.75 Å². The van der Waals surface area contributed by atoms with Crippen LogP contribution in [0, 0.1) is 0 Å². The molecule has 0 heterocycles. The van der Waals surface area contributed by atoms with E-state index in [1.165, 1.54) is 0 Å². The molecule has 3 amide bonds. The Kier molecular flexibility index (Phi) is 10.7. The lowest BCUT2D eigenvalue weighted by atomic mass is 10.1. The summed E-state index contributed by atoms with van der Waals surface area (Å²) in [6.45, 7) is 5.57. The van der Waals surface area contributed by atoms with E-state index < -0.39 is 17.6 Å². The predicted molar refractivity (Wildman–Crippen MR) is 135 cm³/mol. The van der Waals surface area contributed by atoms with Gasteiger partial charge in [-0.1, -0.05) is 45.7 Å². The van der Waals surface area contributed by atoms with Crippen LogP contribution in [0.1, 0.15) is 39.2 Å². The number of alkyl carbamates (subject to hydrolysis) is 1. The van der Waals surface area contributed by atoms with Crippen molar-refractivity contribution in [3.05, 3.63) is 57.5 Å². The van der Waals surface area contributed by atoms with Gasteiger partial charge in [-0.3, -0.25) is 9.59 Å². The fraction of sp³-hybridized carbons (Fsp3) is 0.375. The zero-order valence-electron chi connectivity index (χ0n) is 19.4. The van der Waals surface area contributed by atoms with Crippen LogP contribution in [0.15, 0.2) is 46.9 Å². The minimum absolute atomic E-state index is 0.141. The van der Waals surface area contributed by atoms with Crippen molar-refractivity contribution in [3.63, 3.8) is 0 Å². The van der Waals surface area contributed by atoms with E-state index in [4.69, 9.17) is 21.1 Å². The molecule has 0 atom stereocenters. The number of para-hydroxylation sites is 1. The first kappa shape index (κ1) is 27.5. The summed E-state index contributed by atoms with van der Waals surface area (Å²) in [5.41, 5.74) is 0.634. The number of halogens is 2. The summed E-state index contributed by atoms with van der Waals surface area (Å²) in [6.07, 6.45) is 0.129. The van der Waals surface area contributed by atoms with Gasteiger partial charge in [0.1, 0.15) is 17.9 Å². The van der Waals surface area contributed by atoms with Crippen LogP contribution in [0.2, 0.25) is 5.02 Å². The molecule has 3 N–H and O–H groups in total. The van der Waals surface area contributed by atoms with Gasteiger partial charge in [0, 0.05) is 23.1 Å². The van der Waals surface area contributed by atoms with Gasteiger partial charge in [0.15, 0.2) is 0 Å². The van der Waals surface area contributed by atoms with Crippen molar-refractivity contribution in [2.45, 2.75) is 45.8 Å². The average Bonchev–Trinajstić information content (AvgIpc) is 2.75. The molecule has 0 aromatic heterocycles. The molecule has 2 aromatic rings. The normalized spacial score (nSPS) is 10.9. The standard InChI is InChI=1S/C24H29BrClN3O5/c1-24(2,3)34-23(32)28-15-22(31)29-19-8-5-4-7-16(19)14-27-21(30)9-6-12-33-20-11-10-17(25)13-18(20)26/h4-5,7-8,10-11,13H,6,9,12,14-15H2,1-3H3,(H,27,30)(H,28,32)(H,29,31). The third-order valence-electron chi connectivity index (χ3n) is 4.26. The first-order valence-electron chi connectivity index (χ1n) is 10.7. The highest BCUT2D eigenvalue weighted by atomic mass is 79.9. The van der Waals surface area contributed by atoms with E-state index in [1.807, 2.05) is 12.1 Å². The molecule has 0 spiro atoms. The van der Waals surface area contributed by atoms with Crippen molar-refractivity contribution >= 4 is 51.1 Å². The van der Waals surface area contributed by atoms with Gasteiger partial charge in [-0.05, 0) is 57.0 Å². The molecule has 0 saturated heterocycles. The summed E-state index contributed by atoms with van der Waals surface area (Å²) in [7, 11) is 0. The Balaban J connectivity index is 1.74. The molecular formula is C24H29BrClN3O5. The number of ether oxygens (including phenoxy) is 2. The number of amides is 3. The molecule has 0 aliphatic rings. The van der Waals surface area contributed by atoms with Gasteiger partial charge in [-0.25, -0.2) is 4.79 Å². The molecule has 0 aliphatic carbocycles. The SMILES string of the molecule is CC(C)(C)OC(=O)NCC(=O)Nc1ccccc1CNC(=O)CCCOc1ccc(Br)cc1Cl. The maximum Gasteiger partial charge on any atom is 0.408 e. The van der Waals surface area contributed by atoms with Gasteiger partial charge < -0.3 is 25.4 Å². The lowest BCUT2D eigenvalue weighted by Crippen LogP contribution is -2.37. The van der Waals surface area contributed by atoms with Crippen LogP contribution in [0.3, 0.4) is 0 Å². The molecule has 2 aromatic carbocycles. The number of anilines is 1. The Morgan fingerprint density at radius 3 is 2.47 bits per heavy atom. The molecule has 0 bridgehead atoms. The van der Waals surface area contributed by atoms with E-state index in [1.54, 1.807) is 51.1 Å². The quantitative estimate of drug-likeness (QED) is 0.357. The number of nitrogens with one attached hydrogen (secondary N) is 3. The van der Waals surface area contributed by atoms with E-state index >= 15 is 0 Å². The fourth-order valence-corrected chi connectivity index (χ4v) is 3.47. The average molecular weight is 555 g/mol. The van der Waals surface area contributed by atoms with E-state index in [-0.39, 0.29) is 25.4 Å². The second-order valence-electron chi connectivity index (χ2n) is 8.36. The number of hydrogen-bond donors (Lipinski definition) is 3. The number of rotatable bonds is 10. The minimum Gasteiger partial charge on any atom is -0.492 e. The lowest BCUT2D eigenvalue weighted by molar-refractivity contribution is -0.121. The van der Waals surface area contributed by atoms with Crippen LogP contribution in [-0.4, -0.2) is 36.7 Å². The van der Waals surface area contributed by atoms with Crippen LogP contribution in [-0.2, 0) is 20.9 Å². The number of benzene rings is 2. The summed E-state index contributed by atoms with van der Waals surface area (Å²) in [4.78, 5) is 36.1. The molecule has 184 valence electrons. The van der Waals surface area contributed by atoms with Gasteiger partial charge in [-0.2, -0.15) is 0 Å². The Morgan fingerprint density at radius 2 is 1.76 bits per heavy atom. The van der Waals surface area contributed by atoms with Crippen LogP contribution in [0.4, 0.5) is 10.5 Å². The molecular weight excluding hydrogens is 526 g/mol. The molecule has 0 saturated carbocycles. The van der Waals surface area contributed by atoms with E-state index in [2.05, 4.69) is 31.9 Å². The van der Waals surface area contributed by atoms with Crippen molar-refractivity contribution in [1.29, 1.82) is 0 Å². The number of carbonyl (C=O) groups excluding carboxylic acids is 3. The van der Waals surface area contributed by atoms with Gasteiger partial charge >= 0.3 is 6.09 Å². The number of hydrogen-bond acceptors (Lipinski definition) is 5. The smallest absolute Gasteiger partial charge is 0.408 e. The van der Waals surface area contributed by atoms with Crippen LogP contribution < -0.4 is 20.7 Å². The highest BCUT2D eigenvalue weighted by Gasteiger charge is 2.17. The Morgan fingerprint density at radius 1 is 1.03 bits per heavy atom. The maximum atomic E-state index is 12.2. The second kappa shape index (κ2) is 13.2. The Hall–Kier alpha value is -2.78. The predicted octanol–water partition coefficient (Wildman–Crippen LogP) is 5.04. The van der Waals surface area contributed by atoms with Crippen molar-refractivity contribution in [2.75, 3.05) is 18.5 Å². The van der Waals surface area contributed by atoms with Gasteiger partial charge in [0.05, 0.1) is 11.6 Å². The van der Waals surface area contributed by atoms with Gasteiger partial charge in [0.25, 0.3) is 0 Å². The Labute approximate surface area is 212 Å². The second-order valence-corrected chi connectivity index (χ2v) is 9.69. The number of carbonyl (C=O) groups is 3. The maximum absolute atomic E-state index is 12.2. The first-order valence-corrected chi connectivity index (χ1v) is 11.9. The molecule has 2 rings (SSSR count). The van der Waals surface area contributed by atoms with Crippen LogP contribution in [0.25, 0.3) is 0 Å². The minimum atomic E-state index is -0.672. The topological polar surface area (TPSA) is 106 Å². The highest BCUT2D eigenvalue weighted by molar-refractivity contribution is 9.10. The Bertz CT molecular complexity index is 1010. The third kappa shape index (κ3) is 10.4. The van der Waals surface area contributed by atoms with E-state index in [9.17, 15) is 14.4 Å². The summed E-state index contributed by atoms with van der Waals surface area (Å²) < 4.78 is 11.6. The molecule has 0 radical (unpaired) electrons. The third-order valence-corrected chi connectivity index (χ3v) is 5.05. The lowest BCUT2D eigenvalue weighted by Gasteiger charge is -2.19. The monoisotopic (exact) mass is 553 g/mol. The zero-order valence-corrected chi connectivity index (χ0v) is 21.7. The first-order chi connectivity index (χ1) is 16.0. The highest BCUT2D eigenvalue weighted by Crippen LogP contribution is 2.27.